The lowest BCUT2D eigenvalue weighted by atomic mass is 9.99. The number of amides is 2. The third kappa shape index (κ3) is 4.15. The van der Waals surface area contributed by atoms with E-state index >= 15 is 0 Å². The Labute approximate surface area is 170 Å². The van der Waals surface area contributed by atoms with E-state index < -0.39 is 0 Å². The average molecular weight is 394 g/mol. The van der Waals surface area contributed by atoms with Crippen LogP contribution in [0.1, 0.15) is 57.5 Å². The predicted molar refractivity (Wildman–Crippen MR) is 108 cm³/mol. The van der Waals surface area contributed by atoms with Crippen LogP contribution < -0.4 is 0 Å². The number of benzene rings is 1. The molecule has 7 nitrogen and oxygen atoms in total. The summed E-state index contributed by atoms with van der Waals surface area (Å²) in [6.07, 6.45) is 4.45. The summed E-state index contributed by atoms with van der Waals surface area (Å²) in [5.74, 6) is 0.563. The molecule has 1 aromatic carbocycles. The molecular formula is C22H26N4O3. The predicted octanol–water partition coefficient (Wildman–Crippen LogP) is 2.62. The second-order valence-corrected chi connectivity index (χ2v) is 7.51. The second-order valence-electron chi connectivity index (χ2n) is 7.51. The van der Waals surface area contributed by atoms with Crippen LogP contribution in [0.5, 0.6) is 0 Å². The molecule has 2 amide bonds. The van der Waals surface area contributed by atoms with Crippen molar-refractivity contribution in [3.8, 4) is 0 Å². The number of piperidine rings is 1. The van der Waals surface area contributed by atoms with Gasteiger partial charge in [0, 0.05) is 31.4 Å². The number of hydrogen-bond donors (Lipinski definition) is 0. The van der Waals surface area contributed by atoms with Crippen molar-refractivity contribution in [2.24, 2.45) is 0 Å². The zero-order valence-corrected chi connectivity index (χ0v) is 16.7. The Hall–Kier alpha value is -2.80. The third-order valence-electron chi connectivity index (χ3n) is 5.61. The van der Waals surface area contributed by atoms with Crippen LogP contribution in [-0.2, 0) is 4.74 Å². The maximum atomic E-state index is 13.0. The maximum absolute atomic E-state index is 13.0. The van der Waals surface area contributed by atoms with Crippen LogP contribution in [0, 0.1) is 6.92 Å². The summed E-state index contributed by atoms with van der Waals surface area (Å²) < 4.78 is 5.32. The largest absolute Gasteiger partial charge is 0.378 e. The molecule has 152 valence electrons. The first kappa shape index (κ1) is 19.5. The molecule has 1 aromatic heterocycles. The number of aryl methyl sites for hydroxylation is 1. The maximum Gasteiger partial charge on any atom is 0.257 e. The number of aromatic nitrogens is 2. The van der Waals surface area contributed by atoms with Crippen molar-refractivity contribution in [2.45, 2.75) is 32.2 Å². The van der Waals surface area contributed by atoms with Crippen LogP contribution in [0.15, 0.2) is 36.5 Å². The zero-order valence-electron chi connectivity index (χ0n) is 16.7. The summed E-state index contributed by atoms with van der Waals surface area (Å²) in [6, 6.07) is 9.16. The first-order valence-electron chi connectivity index (χ1n) is 10.2. The van der Waals surface area contributed by atoms with Gasteiger partial charge < -0.3 is 14.5 Å². The third-order valence-corrected chi connectivity index (χ3v) is 5.61. The van der Waals surface area contributed by atoms with Crippen molar-refractivity contribution in [3.05, 3.63) is 59.2 Å². The van der Waals surface area contributed by atoms with Crippen molar-refractivity contribution in [2.75, 3.05) is 32.8 Å². The van der Waals surface area contributed by atoms with E-state index in [2.05, 4.69) is 9.97 Å². The first-order chi connectivity index (χ1) is 14.1. The highest BCUT2D eigenvalue weighted by atomic mass is 16.5. The Morgan fingerprint density at radius 1 is 1.03 bits per heavy atom. The van der Waals surface area contributed by atoms with E-state index in [1.807, 2.05) is 42.2 Å². The molecule has 4 rings (SSSR count). The Bertz CT molecular complexity index is 881. The lowest BCUT2D eigenvalue weighted by Crippen LogP contribution is -2.41. The van der Waals surface area contributed by atoms with Gasteiger partial charge in [0.15, 0.2) is 5.82 Å². The number of morpholine rings is 1. The summed E-state index contributed by atoms with van der Waals surface area (Å²) in [5.41, 5.74) is 1.85. The van der Waals surface area contributed by atoms with Gasteiger partial charge in [-0.25, -0.2) is 9.97 Å². The summed E-state index contributed by atoms with van der Waals surface area (Å²) in [6.45, 7) is 4.81. The molecule has 0 bridgehead atoms. The van der Waals surface area contributed by atoms with Crippen molar-refractivity contribution in [3.63, 3.8) is 0 Å². The normalized spacial score (nSPS) is 19.8. The van der Waals surface area contributed by atoms with Gasteiger partial charge in [-0.2, -0.15) is 0 Å². The minimum atomic E-state index is -0.164. The van der Waals surface area contributed by atoms with Crippen LogP contribution in [0.2, 0.25) is 0 Å². The summed E-state index contributed by atoms with van der Waals surface area (Å²) >= 11 is 0. The van der Waals surface area contributed by atoms with E-state index in [0.717, 1.165) is 19.3 Å². The van der Waals surface area contributed by atoms with Gasteiger partial charge in [0.25, 0.3) is 11.8 Å². The van der Waals surface area contributed by atoms with Crippen molar-refractivity contribution in [1.82, 2.24) is 19.8 Å². The van der Waals surface area contributed by atoms with E-state index in [-0.39, 0.29) is 17.9 Å². The van der Waals surface area contributed by atoms with Gasteiger partial charge in [0.05, 0.1) is 30.5 Å². The molecule has 0 N–H and O–H groups in total. The molecule has 0 radical (unpaired) electrons. The first-order valence-corrected chi connectivity index (χ1v) is 10.2. The number of carbonyl (C=O) groups is 2. The minimum absolute atomic E-state index is 0.00465. The van der Waals surface area contributed by atoms with Gasteiger partial charge in [0.1, 0.15) is 0 Å². The van der Waals surface area contributed by atoms with Gasteiger partial charge >= 0.3 is 0 Å². The molecular weight excluding hydrogens is 368 g/mol. The van der Waals surface area contributed by atoms with Crippen molar-refractivity contribution >= 4 is 11.8 Å². The van der Waals surface area contributed by atoms with Crippen LogP contribution in [-0.4, -0.2) is 64.4 Å². The fourth-order valence-electron chi connectivity index (χ4n) is 3.98. The fraction of sp³-hybridized carbons (Fsp3) is 0.455. The molecule has 0 spiro atoms. The molecule has 2 aromatic rings. The highest BCUT2D eigenvalue weighted by molar-refractivity contribution is 5.95. The molecule has 1 unspecified atom stereocenters. The highest BCUT2D eigenvalue weighted by Crippen LogP contribution is 2.30. The smallest absolute Gasteiger partial charge is 0.257 e. The van der Waals surface area contributed by atoms with Gasteiger partial charge in [-0.1, -0.05) is 18.2 Å². The lowest BCUT2D eigenvalue weighted by Gasteiger charge is -2.35. The Kier molecular flexibility index (Phi) is 5.85. The zero-order chi connectivity index (χ0) is 20.2. The van der Waals surface area contributed by atoms with Gasteiger partial charge in [-0.3, -0.25) is 9.59 Å². The van der Waals surface area contributed by atoms with Crippen molar-refractivity contribution in [1.29, 1.82) is 0 Å². The van der Waals surface area contributed by atoms with Gasteiger partial charge in [0.2, 0.25) is 0 Å². The average Bonchev–Trinajstić information content (AvgIpc) is 2.79. The molecule has 1 atom stereocenters. The molecule has 2 fully saturated rings. The number of hydrogen-bond acceptors (Lipinski definition) is 5. The second kappa shape index (κ2) is 8.69. The van der Waals surface area contributed by atoms with Crippen LogP contribution in [0.4, 0.5) is 0 Å². The topological polar surface area (TPSA) is 75.6 Å². The summed E-state index contributed by atoms with van der Waals surface area (Å²) in [5, 5.41) is 0. The van der Waals surface area contributed by atoms with Crippen LogP contribution >= 0.6 is 0 Å². The Morgan fingerprint density at radius 3 is 2.52 bits per heavy atom. The van der Waals surface area contributed by atoms with E-state index in [1.54, 1.807) is 11.1 Å². The minimum Gasteiger partial charge on any atom is -0.378 e. The molecule has 2 saturated heterocycles. The van der Waals surface area contributed by atoms with Crippen molar-refractivity contribution < 1.29 is 14.3 Å². The molecule has 29 heavy (non-hydrogen) atoms. The molecule has 2 aliphatic heterocycles. The number of rotatable bonds is 3. The molecule has 0 saturated carbocycles. The molecule has 3 heterocycles. The van der Waals surface area contributed by atoms with Crippen LogP contribution in [0.25, 0.3) is 0 Å². The molecule has 0 aliphatic carbocycles. The van der Waals surface area contributed by atoms with E-state index in [1.165, 1.54) is 0 Å². The Balaban J connectivity index is 1.57. The molecule has 2 aliphatic rings. The number of ether oxygens (including phenoxy) is 1. The fourth-order valence-corrected chi connectivity index (χ4v) is 3.98. The van der Waals surface area contributed by atoms with E-state index in [0.29, 0.717) is 55.5 Å². The number of carbonyl (C=O) groups excluding carboxylic acids is 2. The van der Waals surface area contributed by atoms with Gasteiger partial charge in [-0.15, -0.1) is 0 Å². The van der Waals surface area contributed by atoms with Crippen LogP contribution in [0.3, 0.4) is 0 Å². The molecule has 7 heteroatoms. The summed E-state index contributed by atoms with van der Waals surface area (Å²) in [4.78, 5) is 38.7. The SMILES string of the molecule is Cc1nc(C2CCCCN2C(=O)c2ccccc2)ncc1C(=O)N1CCOCC1. The number of likely N-dealkylation sites (tertiary alicyclic amines) is 1. The Morgan fingerprint density at radius 2 is 1.79 bits per heavy atom. The van der Waals surface area contributed by atoms with E-state index in [9.17, 15) is 9.59 Å². The lowest BCUT2D eigenvalue weighted by molar-refractivity contribution is 0.0301. The standard InChI is InChI=1S/C22H26N4O3/c1-16-18(22(28)25-11-13-29-14-12-25)15-23-20(24-16)19-9-5-6-10-26(19)21(27)17-7-3-2-4-8-17/h2-4,7-8,15,19H,5-6,9-14H2,1H3. The quantitative estimate of drug-likeness (QED) is 0.800. The number of nitrogens with zero attached hydrogens (tertiary/aromatic N) is 4. The van der Waals surface area contributed by atoms with E-state index in [4.69, 9.17) is 4.74 Å². The summed E-state index contributed by atoms with van der Waals surface area (Å²) in [7, 11) is 0. The van der Waals surface area contributed by atoms with Gasteiger partial charge in [-0.05, 0) is 38.3 Å². The highest BCUT2D eigenvalue weighted by Gasteiger charge is 2.31. The monoisotopic (exact) mass is 394 g/mol.